The van der Waals surface area contributed by atoms with Gasteiger partial charge in [-0.25, -0.2) is 0 Å². The van der Waals surface area contributed by atoms with E-state index in [1.807, 2.05) is 6.07 Å². The smallest absolute Gasteiger partial charge is 0.126 e. The number of phenols is 1. The first-order chi connectivity index (χ1) is 9.59. The van der Waals surface area contributed by atoms with Gasteiger partial charge in [0, 0.05) is 12.0 Å². The predicted octanol–water partition coefficient (Wildman–Crippen LogP) is 3.06. The summed E-state index contributed by atoms with van der Waals surface area (Å²) in [6.45, 7) is 2.99. The summed E-state index contributed by atoms with van der Waals surface area (Å²) in [6, 6.07) is 5.53. The fraction of sp³-hybridized carbons (Fsp3) is 0.647. The lowest BCUT2D eigenvalue weighted by atomic mass is 9.58. The Labute approximate surface area is 119 Å². The van der Waals surface area contributed by atoms with Crippen molar-refractivity contribution in [3.05, 3.63) is 23.8 Å². The van der Waals surface area contributed by atoms with Gasteiger partial charge >= 0.3 is 0 Å². The molecule has 3 heteroatoms. The third kappa shape index (κ3) is 1.56. The monoisotopic (exact) mass is 274 g/mol. The average Bonchev–Trinajstić information content (AvgIpc) is 2.74. The van der Waals surface area contributed by atoms with Gasteiger partial charge < -0.3 is 14.9 Å². The number of rotatable bonds is 0. The molecule has 1 aromatic carbocycles. The molecule has 20 heavy (non-hydrogen) atoms. The number of ether oxygens (including phenoxy) is 1. The summed E-state index contributed by atoms with van der Waals surface area (Å²) < 4.78 is 5.92. The van der Waals surface area contributed by atoms with E-state index in [1.165, 1.54) is 5.56 Å². The molecule has 108 valence electrons. The van der Waals surface area contributed by atoms with Crippen molar-refractivity contribution in [2.24, 2.45) is 17.3 Å². The number of benzene rings is 1. The van der Waals surface area contributed by atoms with Crippen molar-refractivity contribution in [1.82, 2.24) is 0 Å². The third-order valence-corrected chi connectivity index (χ3v) is 6.21. The highest BCUT2D eigenvalue weighted by molar-refractivity contribution is 5.44. The Kier molecular flexibility index (Phi) is 2.59. The number of fused-ring (bicyclic) bond motifs is 5. The van der Waals surface area contributed by atoms with Crippen LogP contribution in [-0.2, 0) is 0 Å². The lowest BCUT2D eigenvalue weighted by Crippen LogP contribution is -2.45. The molecule has 2 N–H and O–H groups in total. The Bertz CT molecular complexity index is 541. The standard InChI is InChI=1S/C17H22O3/c1-17-7-6-11-12-3-2-10(18)8-15(12)20-9-13(11)14(17)4-5-16(17)19/h2-3,8,11,13-14,16,18-19H,4-7,9H2,1H3/t11-,13-,14+,16+,17+/m1/s1. The van der Waals surface area contributed by atoms with Crippen LogP contribution in [0.2, 0.25) is 0 Å². The summed E-state index contributed by atoms with van der Waals surface area (Å²) in [4.78, 5) is 0. The quantitative estimate of drug-likeness (QED) is 0.764. The summed E-state index contributed by atoms with van der Waals surface area (Å²) in [5.41, 5.74) is 1.33. The summed E-state index contributed by atoms with van der Waals surface area (Å²) in [5.74, 6) is 2.75. The average molecular weight is 274 g/mol. The molecule has 0 radical (unpaired) electrons. The van der Waals surface area contributed by atoms with Crippen molar-refractivity contribution >= 4 is 0 Å². The van der Waals surface area contributed by atoms with Crippen molar-refractivity contribution < 1.29 is 14.9 Å². The summed E-state index contributed by atoms with van der Waals surface area (Å²) in [7, 11) is 0. The topological polar surface area (TPSA) is 49.7 Å². The Morgan fingerprint density at radius 1 is 1.25 bits per heavy atom. The van der Waals surface area contributed by atoms with E-state index in [1.54, 1.807) is 12.1 Å². The van der Waals surface area contributed by atoms with Crippen LogP contribution in [0.5, 0.6) is 11.5 Å². The second kappa shape index (κ2) is 4.14. The van der Waals surface area contributed by atoms with E-state index in [4.69, 9.17) is 4.74 Å². The van der Waals surface area contributed by atoms with E-state index < -0.39 is 0 Å². The van der Waals surface area contributed by atoms with Gasteiger partial charge in [0.1, 0.15) is 11.5 Å². The second-order valence-corrected chi connectivity index (χ2v) is 7.05. The molecule has 0 unspecified atom stereocenters. The number of aromatic hydroxyl groups is 1. The van der Waals surface area contributed by atoms with Gasteiger partial charge in [0.2, 0.25) is 0 Å². The highest BCUT2D eigenvalue weighted by atomic mass is 16.5. The maximum absolute atomic E-state index is 10.3. The maximum atomic E-state index is 10.3. The largest absolute Gasteiger partial charge is 0.508 e. The third-order valence-electron chi connectivity index (χ3n) is 6.21. The van der Waals surface area contributed by atoms with Crippen LogP contribution >= 0.6 is 0 Å². The van der Waals surface area contributed by atoms with E-state index in [-0.39, 0.29) is 17.3 Å². The molecule has 5 atom stereocenters. The van der Waals surface area contributed by atoms with Gasteiger partial charge in [-0.3, -0.25) is 0 Å². The molecule has 4 rings (SSSR count). The SMILES string of the molecule is C[C@]12CC[C@@H]3c4ccc(O)cc4OC[C@H]3[C@@H]1CC[C@@H]2O. The van der Waals surface area contributed by atoms with Gasteiger partial charge in [0.25, 0.3) is 0 Å². The molecule has 1 heterocycles. The Hall–Kier alpha value is -1.22. The van der Waals surface area contributed by atoms with Gasteiger partial charge in [-0.2, -0.15) is 0 Å². The van der Waals surface area contributed by atoms with Crippen LogP contribution < -0.4 is 4.74 Å². The predicted molar refractivity (Wildman–Crippen MR) is 75.9 cm³/mol. The van der Waals surface area contributed by atoms with E-state index >= 15 is 0 Å². The molecular formula is C17H22O3. The Balaban J connectivity index is 1.71. The number of aliphatic hydroxyl groups excluding tert-OH is 1. The van der Waals surface area contributed by atoms with Crippen LogP contribution in [0, 0.1) is 17.3 Å². The van der Waals surface area contributed by atoms with E-state index in [0.29, 0.717) is 17.8 Å². The fourth-order valence-corrected chi connectivity index (χ4v) is 5.02. The van der Waals surface area contributed by atoms with Crippen LogP contribution in [-0.4, -0.2) is 22.9 Å². The molecule has 2 fully saturated rings. The molecule has 0 amide bonds. The van der Waals surface area contributed by atoms with Crippen LogP contribution in [0.25, 0.3) is 0 Å². The highest BCUT2D eigenvalue weighted by Gasteiger charge is 2.55. The van der Waals surface area contributed by atoms with Crippen molar-refractivity contribution in [3.63, 3.8) is 0 Å². The van der Waals surface area contributed by atoms with Gasteiger partial charge in [0.15, 0.2) is 0 Å². The molecule has 3 aliphatic rings. The van der Waals surface area contributed by atoms with Gasteiger partial charge in [0.05, 0.1) is 12.7 Å². The fourth-order valence-electron chi connectivity index (χ4n) is 5.02. The van der Waals surface area contributed by atoms with E-state index in [9.17, 15) is 10.2 Å². The number of aliphatic hydroxyl groups is 1. The number of hydrogen-bond acceptors (Lipinski definition) is 3. The van der Waals surface area contributed by atoms with Crippen LogP contribution in [0.3, 0.4) is 0 Å². The first-order valence-electron chi connectivity index (χ1n) is 7.73. The molecular weight excluding hydrogens is 252 g/mol. The lowest BCUT2D eigenvalue weighted by molar-refractivity contribution is -0.0356. The molecule has 2 saturated carbocycles. The van der Waals surface area contributed by atoms with Crippen molar-refractivity contribution in [2.45, 2.75) is 44.6 Å². The van der Waals surface area contributed by atoms with Crippen LogP contribution in [0.4, 0.5) is 0 Å². The summed E-state index contributed by atoms with van der Waals surface area (Å²) in [6.07, 6.45) is 4.13. The highest BCUT2D eigenvalue weighted by Crippen LogP contribution is 2.60. The van der Waals surface area contributed by atoms with Crippen molar-refractivity contribution in [2.75, 3.05) is 6.61 Å². The zero-order chi connectivity index (χ0) is 13.9. The minimum absolute atomic E-state index is 0.0823. The van der Waals surface area contributed by atoms with Crippen LogP contribution in [0.15, 0.2) is 18.2 Å². The molecule has 1 aliphatic heterocycles. The zero-order valence-corrected chi connectivity index (χ0v) is 11.9. The minimum Gasteiger partial charge on any atom is -0.508 e. The van der Waals surface area contributed by atoms with Crippen LogP contribution in [0.1, 0.15) is 44.1 Å². The lowest BCUT2D eigenvalue weighted by Gasteiger charge is -2.49. The summed E-state index contributed by atoms with van der Waals surface area (Å²) in [5, 5.41) is 19.9. The Morgan fingerprint density at radius 3 is 2.95 bits per heavy atom. The van der Waals surface area contributed by atoms with Crippen molar-refractivity contribution in [1.29, 1.82) is 0 Å². The zero-order valence-electron chi connectivity index (χ0n) is 11.9. The van der Waals surface area contributed by atoms with E-state index in [2.05, 4.69) is 6.92 Å². The molecule has 0 bridgehead atoms. The van der Waals surface area contributed by atoms with Crippen molar-refractivity contribution in [3.8, 4) is 11.5 Å². The molecule has 0 saturated heterocycles. The molecule has 2 aliphatic carbocycles. The molecule has 3 nitrogen and oxygen atoms in total. The minimum atomic E-state index is -0.144. The van der Waals surface area contributed by atoms with Gasteiger partial charge in [-0.05, 0) is 54.6 Å². The maximum Gasteiger partial charge on any atom is 0.126 e. The Morgan fingerprint density at radius 2 is 2.10 bits per heavy atom. The van der Waals surface area contributed by atoms with E-state index in [0.717, 1.165) is 38.0 Å². The normalized spacial score (nSPS) is 42.3. The first-order valence-corrected chi connectivity index (χ1v) is 7.73. The summed E-state index contributed by atoms with van der Waals surface area (Å²) >= 11 is 0. The van der Waals surface area contributed by atoms with Gasteiger partial charge in [-0.15, -0.1) is 0 Å². The number of phenolic OH excluding ortho intramolecular Hbond substituents is 1. The molecule has 0 spiro atoms. The second-order valence-electron chi connectivity index (χ2n) is 7.05. The number of hydrogen-bond donors (Lipinski definition) is 2. The first kappa shape index (κ1) is 12.5. The van der Waals surface area contributed by atoms with Gasteiger partial charge in [-0.1, -0.05) is 13.0 Å². The molecule has 1 aromatic rings. The molecule has 0 aromatic heterocycles.